The average Bonchev–Trinajstić information content (AvgIpc) is 3.17. The molecular formula is C24H32F3N5O2. The molecule has 0 aliphatic carbocycles. The van der Waals surface area contributed by atoms with Gasteiger partial charge in [0.1, 0.15) is 0 Å². The molecule has 0 saturated carbocycles. The van der Waals surface area contributed by atoms with Crippen LogP contribution in [0, 0.1) is 22.7 Å². The number of hydrogen-bond acceptors (Lipinski definition) is 4. The van der Waals surface area contributed by atoms with Gasteiger partial charge in [-0.15, -0.1) is 0 Å². The summed E-state index contributed by atoms with van der Waals surface area (Å²) in [4.78, 5) is 32.8. The average molecular weight is 480 g/mol. The highest BCUT2D eigenvalue weighted by molar-refractivity contribution is 5.81. The fraction of sp³-hybridized carbons (Fsp3) is 0.625. The number of nitrogens with zero attached hydrogens (tertiary/aromatic N) is 5. The maximum Gasteiger partial charge on any atom is 0.417 e. The zero-order valence-electron chi connectivity index (χ0n) is 20.2. The summed E-state index contributed by atoms with van der Waals surface area (Å²) in [5.74, 6) is -0.450. The fourth-order valence-electron chi connectivity index (χ4n) is 5.22. The molecule has 2 heterocycles. The third kappa shape index (κ3) is 4.79. The molecule has 0 radical (unpaired) electrons. The number of anilines is 1. The second kappa shape index (κ2) is 9.72. The van der Waals surface area contributed by atoms with Crippen molar-refractivity contribution in [2.45, 2.75) is 32.9 Å². The van der Waals surface area contributed by atoms with E-state index >= 15 is 0 Å². The van der Waals surface area contributed by atoms with Gasteiger partial charge in [-0.05, 0) is 44.9 Å². The predicted octanol–water partition coefficient (Wildman–Crippen LogP) is 3.65. The molecule has 0 bridgehead atoms. The topological polar surface area (TPSA) is 70.9 Å². The molecule has 0 aromatic heterocycles. The number of carbonyl (C=O) groups is 2. The highest BCUT2D eigenvalue weighted by Crippen LogP contribution is 2.47. The van der Waals surface area contributed by atoms with Crippen LogP contribution in [-0.4, -0.2) is 80.0 Å². The number of alkyl halides is 3. The Kier molecular flexibility index (Phi) is 7.34. The molecule has 3 rings (SSSR count). The number of benzene rings is 1. The molecule has 1 spiro atoms. The van der Waals surface area contributed by atoms with Gasteiger partial charge >= 0.3 is 12.2 Å². The molecule has 1 aromatic rings. The fourth-order valence-corrected chi connectivity index (χ4v) is 5.22. The molecule has 2 aliphatic heterocycles. The second-order valence-corrected chi connectivity index (χ2v) is 9.31. The van der Waals surface area contributed by atoms with Crippen LogP contribution in [0.2, 0.25) is 0 Å². The van der Waals surface area contributed by atoms with Crippen LogP contribution in [0.1, 0.15) is 37.8 Å². The molecule has 1 aromatic carbocycles. The van der Waals surface area contributed by atoms with E-state index < -0.39 is 28.6 Å². The Morgan fingerprint density at radius 3 is 2.29 bits per heavy atom. The van der Waals surface area contributed by atoms with Gasteiger partial charge in [0.2, 0.25) is 5.91 Å². The normalized spacial score (nSPS) is 19.8. The monoisotopic (exact) mass is 479 g/mol. The summed E-state index contributed by atoms with van der Waals surface area (Å²) in [7, 11) is 3.36. The van der Waals surface area contributed by atoms with Crippen molar-refractivity contribution in [3.8, 4) is 6.07 Å². The van der Waals surface area contributed by atoms with Crippen LogP contribution in [-0.2, 0) is 11.0 Å². The van der Waals surface area contributed by atoms with Gasteiger partial charge in [-0.2, -0.15) is 18.4 Å². The van der Waals surface area contributed by atoms with Crippen molar-refractivity contribution in [2.24, 2.45) is 11.3 Å². The Bertz CT molecular complexity index is 960. The third-order valence-electron chi connectivity index (χ3n) is 7.24. The number of hydrogen-bond donors (Lipinski definition) is 0. The number of urea groups is 1. The highest BCUT2D eigenvalue weighted by Gasteiger charge is 2.52. The van der Waals surface area contributed by atoms with E-state index in [2.05, 4.69) is 0 Å². The summed E-state index contributed by atoms with van der Waals surface area (Å²) in [6, 6.07) is 5.31. The van der Waals surface area contributed by atoms with Crippen molar-refractivity contribution in [3.05, 3.63) is 29.3 Å². The van der Waals surface area contributed by atoms with E-state index in [0.717, 1.165) is 6.07 Å². The van der Waals surface area contributed by atoms with E-state index in [4.69, 9.17) is 5.26 Å². The van der Waals surface area contributed by atoms with Crippen molar-refractivity contribution in [3.63, 3.8) is 0 Å². The van der Waals surface area contributed by atoms with Crippen LogP contribution in [0.4, 0.5) is 23.7 Å². The van der Waals surface area contributed by atoms with Gasteiger partial charge in [-0.3, -0.25) is 4.79 Å². The highest BCUT2D eigenvalue weighted by atomic mass is 19.4. The van der Waals surface area contributed by atoms with Gasteiger partial charge in [0.15, 0.2) is 0 Å². The molecule has 186 valence electrons. The van der Waals surface area contributed by atoms with Crippen LogP contribution >= 0.6 is 0 Å². The molecule has 2 saturated heterocycles. The quantitative estimate of drug-likeness (QED) is 0.661. The van der Waals surface area contributed by atoms with Gasteiger partial charge in [-0.25, -0.2) is 4.79 Å². The van der Waals surface area contributed by atoms with E-state index in [1.165, 1.54) is 17.0 Å². The lowest BCUT2D eigenvalue weighted by Crippen LogP contribution is -2.52. The molecule has 1 atom stereocenters. The Balaban J connectivity index is 1.89. The summed E-state index contributed by atoms with van der Waals surface area (Å²) in [6.45, 7) is 6.82. The Labute approximate surface area is 198 Å². The number of rotatable bonds is 4. The largest absolute Gasteiger partial charge is 0.417 e. The lowest BCUT2D eigenvalue weighted by molar-refractivity contribution is -0.138. The van der Waals surface area contributed by atoms with Crippen molar-refractivity contribution in [1.29, 1.82) is 5.26 Å². The number of halogens is 3. The van der Waals surface area contributed by atoms with Gasteiger partial charge in [0.05, 0.1) is 23.1 Å². The first-order valence-corrected chi connectivity index (χ1v) is 11.6. The molecular weight excluding hydrogens is 447 g/mol. The number of carbonyl (C=O) groups excluding carboxylic acids is 2. The minimum atomic E-state index is -4.65. The summed E-state index contributed by atoms with van der Waals surface area (Å²) < 4.78 is 40.6. The minimum absolute atomic E-state index is 0.0212. The molecule has 3 amide bonds. The standard InChI is InChI=1S/C24H32F3N5O2/c1-5-30(6-2)22(34)31-11-9-23(10-12-31)16-32(15-20(23)21(33)29(3)4)18-8-7-17(14-28)19(13-18)24(25,26)27/h7-8,13,20H,5-6,9-12,15-16H2,1-4H3. The van der Waals surface area contributed by atoms with Crippen LogP contribution in [0.15, 0.2) is 18.2 Å². The van der Waals surface area contributed by atoms with Gasteiger partial charge < -0.3 is 19.6 Å². The zero-order chi connectivity index (χ0) is 25.3. The van der Waals surface area contributed by atoms with E-state index in [9.17, 15) is 22.8 Å². The van der Waals surface area contributed by atoms with Crippen LogP contribution < -0.4 is 4.90 Å². The lowest BCUT2D eigenvalue weighted by atomic mass is 9.70. The van der Waals surface area contributed by atoms with Crippen molar-refractivity contribution >= 4 is 17.6 Å². The van der Waals surface area contributed by atoms with Gasteiger partial charge in [-0.1, -0.05) is 0 Å². The van der Waals surface area contributed by atoms with Crippen LogP contribution in [0.5, 0.6) is 0 Å². The first-order valence-electron chi connectivity index (χ1n) is 11.6. The molecule has 2 fully saturated rings. The van der Waals surface area contributed by atoms with Crippen molar-refractivity contribution in [1.82, 2.24) is 14.7 Å². The third-order valence-corrected chi connectivity index (χ3v) is 7.24. The molecule has 7 nitrogen and oxygen atoms in total. The second-order valence-electron chi connectivity index (χ2n) is 9.31. The van der Waals surface area contributed by atoms with E-state index in [1.54, 1.807) is 25.1 Å². The lowest BCUT2D eigenvalue weighted by Gasteiger charge is -2.43. The SMILES string of the molecule is CCN(CC)C(=O)N1CCC2(CC1)CN(c1ccc(C#N)c(C(F)(F)F)c1)CC2C(=O)N(C)C. The van der Waals surface area contributed by atoms with Crippen LogP contribution in [0.25, 0.3) is 0 Å². The maximum absolute atomic E-state index is 13.5. The molecule has 1 unspecified atom stereocenters. The zero-order valence-corrected chi connectivity index (χ0v) is 20.2. The summed E-state index contributed by atoms with van der Waals surface area (Å²) in [6.07, 6.45) is -3.44. The molecule has 10 heteroatoms. The first kappa shape index (κ1) is 25.7. The van der Waals surface area contributed by atoms with Gasteiger partial charge in [0, 0.05) is 64.5 Å². The number of likely N-dealkylation sites (tertiary alicyclic amines) is 1. The van der Waals surface area contributed by atoms with E-state index in [0.29, 0.717) is 57.8 Å². The van der Waals surface area contributed by atoms with E-state index in [-0.39, 0.29) is 11.9 Å². The number of nitriles is 1. The predicted molar refractivity (Wildman–Crippen MR) is 122 cm³/mol. The molecule has 2 aliphatic rings. The van der Waals surface area contributed by atoms with Gasteiger partial charge in [0.25, 0.3) is 0 Å². The Morgan fingerprint density at radius 2 is 1.79 bits per heavy atom. The Hall–Kier alpha value is -2.96. The van der Waals surface area contributed by atoms with Crippen molar-refractivity contribution in [2.75, 3.05) is 58.3 Å². The first-order chi connectivity index (χ1) is 16.0. The summed E-state index contributed by atoms with van der Waals surface area (Å²) >= 11 is 0. The molecule has 34 heavy (non-hydrogen) atoms. The Morgan fingerprint density at radius 1 is 1.18 bits per heavy atom. The number of piperidine rings is 1. The van der Waals surface area contributed by atoms with Crippen molar-refractivity contribution < 1.29 is 22.8 Å². The smallest absolute Gasteiger partial charge is 0.370 e. The minimum Gasteiger partial charge on any atom is -0.370 e. The maximum atomic E-state index is 13.5. The number of amides is 3. The summed E-state index contributed by atoms with van der Waals surface area (Å²) in [5.41, 5.74) is -1.48. The van der Waals surface area contributed by atoms with Crippen LogP contribution in [0.3, 0.4) is 0 Å². The molecule has 0 N–H and O–H groups in total. The van der Waals surface area contributed by atoms with E-state index in [1.807, 2.05) is 23.6 Å². The summed E-state index contributed by atoms with van der Waals surface area (Å²) in [5, 5.41) is 9.11.